The van der Waals surface area contributed by atoms with Crippen LogP contribution in [0.5, 0.6) is 11.5 Å². The maximum absolute atomic E-state index is 12.1. The molecule has 0 aliphatic carbocycles. The van der Waals surface area contributed by atoms with Crippen LogP contribution in [0.2, 0.25) is 0 Å². The average molecular weight is 366 g/mol. The summed E-state index contributed by atoms with van der Waals surface area (Å²) in [6.45, 7) is 0.573. The molecule has 0 saturated heterocycles. The van der Waals surface area contributed by atoms with Crippen LogP contribution in [-0.4, -0.2) is 28.7 Å². The second-order valence-electron chi connectivity index (χ2n) is 5.63. The lowest BCUT2D eigenvalue weighted by atomic mass is 10.0. The molecule has 7 heteroatoms. The van der Waals surface area contributed by atoms with Gasteiger partial charge in [-0.1, -0.05) is 30.7 Å². The van der Waals surface area contributed by atoms with E-state index in [1.807, 2.05) is 0 Å². The normalized spacial score (nSPS) is 11.4. The number of hydrogen-bond donors (Lipinski definition) is 5. The van der Waals surface area contributed by atoms with Crippen molar-refractivity contribution in [1.29, 1.82) is 0 Å². The highest BCUT2D eigenvalue weighted by molar-refractivity contribution is 5.97. The number of phenols is 2. The minimum atomic E-state index is -0.645. The number of hydrogen-bond acceptors (Lipinski definition) is 5. The van der Waals surface area contributed by atoms with E-state index in [4.69, 9.17) is 11.5 Å². The van der Waals surface area contributed by atoms with Gasteiger partial charge in [-0.3, -0.25) is 4.79 Å². The number of aromatic hydroxyl groups is 2. The summed E-state index contributed by atoms with van der Waals surface area (Å²) in [7, 11) is 0. The lowest BCUT2D eigenvalue weighted by Crippen LogP contribution is -2.35. The Morgan fingerprint density at radius 2 is 1.76 bits per heavy atom. The summed E-state index contributed by atoms with van der Waals surface area (Å²) >= 11 is 0. The third-order valence-electron chi connectivity index (χ3n) is 3.78. The number of carbonyl (C=O) groups is 1. The zero-order valence-corrected chi connectivity index (χ0v) is 14.6. The maximum atomic E-state index is 12.1. The first-order valence-electron chi connectivity index (χ1n) is 7.91. The number of halogens is 1. The second-order valence-corrected chi connectivity index (χ2v) is 5.63. The molecule has 1 amide bonds. The predicted molar refractivity (Wildman–Crippen MR) is 102 cm³/mol. The van der Waals surface area contributed by atoms with Crippen molar-refractivity contribution in [3.63, 3.8) is 0 Å². The molecular weight excluding hydrogens is 342 g/mol. The van der Waals surface area contributed by atoms with E-state index in [2.05, 4.69) is 5.32 Å². The summed E-state index contributed by atoms with van der Waals surface area (Å²) in [6.07, 6.45) is 2.15. The number of carbonyl (C=O) groups excluding carboxylic acids is 1. The number of rotatable bonds is 7. The molecule has 7 N–H and O–H groups in total. The molecule has 0 spiro atoms. The van der Waals surface area contributed by atoms with Gasteiger partial charge in [-0.2, -0.15) is 0 Å². The number of unbranched alkanes of at least 4 members (excludes halogenated alkanes) is 1. The average Bonchev–Trinajstić information content (AvgIpc) is 2.58. The lowest BCUT2D eigenvalue weighted by molar-refractivity contribution is -0.117. The van der Waals surface area contributed by atoms with Crippen molar-refractivity contribution in [2.45, 2.75) is 25.3 Å². The topological polar surface area (TPSA) is 122 Å². The molecule has 0 radical (unpaired) electrons. The minimum absolute atomic E-state index is 0. The fraction of sp³-hybridized carbons (Fsp3) is 0.278. The Morgan fingerprint density at radius 1 is 1.08 bits per heavy atom. The molecule has 0 unspecified atom stereocenters. The van der Waals surface area contributed by atoms with Crippen molar-refractivity contribution in [1.82, 2.24) is 0 Å². The molecule has 0 fully saturated rings. The molecule has 2 rings (SSSR count). The maximum Gasteiger partial charge on any atom is 0.241 e. The number of nitrogens with one attached hydrogen (secondary N) is 1. The number of benzene rings is 2. The molecule has 0 aliphatic rings. The summed E-state index contributed by atoms with van der Waals surface area (Å²) in [5, 5.41) is 22.4. The Bertz CT molecular complexity index is 692. The van der Waals surface area contributed by atoms with Crippen LogP contribution in [0.4, 0.5) is 5.69 Å². The van der Waals surface area contributed by atoms with Crippen LogP contribution < -0.4 is 16.8 Å². The van der Waals surface area contributed by atoms with Gasteiger partial charge in [-0.25, -0.2) is 0 Å². The smallest absolute Gasteiger partial charge is 0.241 e. The van der Waals surface area contributed by atoms with Gasteiger partial charge in [0.05, 0.1) is 11.7 Å². The van der Waals surface area contributed by atoms with Gasteiger partial charge in [0.1, 0.15) is 11.5 Å². The summed E-state index contributed by atoms with van der Waals surface area (Å²) in [6, 6.07) is 10.9. The SMILES string of the molecule is Cl.NCCCC[C@H](N)C(=O)Nc1cccc(-c2ccc(O)cc2)c1O. The molecule has 0 aromatic heterocycles. The number of para-hydroxylation sites is 1. The Morgan fingerprint density at radius 3 is 2.40 bits per heavy atom. The van der Waals surface area contributed by atoms with Crippen LogP contribution in [0.3, 0.4) is 0 Å². The second kappa shape index (κ2) is 9.88. The van der Waals surface area contributed by atoms with Crippen LogP contribution in [0.1, 0.15) is 19.3 Å². The third-order valence-corrected chi connectivity index (χ3v) is 3.78. The van der Waals surface area contributed by atoms with Crippen molar-refractivity contribution in [2.24, 2.45) is 11.5 Å². The van der Waals surface area contributed by atoms with E-state index in [-0.39, 0.29) is 29.8 Å². The van der Waals surface area contributed by atoms with Crippen LogP contribution >= 0.6 is 12.4 Å². The Labute approximate surface area is 153 Å². The van der Waals surface area contributed by atoms with E-state index in [9.17, 15) is 15.0 Å². The molecule has 6 nitrogen and oxygen atoms in total. The highest BCUT2D eigenvalue weighted by Crippen LogP contribution is 2.35. The van der Waals surface area contributed by atoms with Gasteiger partial charge in [-0.15, -0.1) is 12.4 Å². The van der Waals surface area contributed by atoms with Crippen LogP contribution in [-0.2, 0) is 4.79 Å². The largest absolute Gasteiger partial charge is 0.508 e. The van der Waals surface area contributed by atoms with Crippen molar-refractivity contribution in [3.05, 3.63) is 42.5 Å². The van der Waals surface area contributed by atoms with Crippen molar-refractivity contribution in [2.75, 3.05) is 11.9 Å². The molecule has 2 aromatic carbocycles. The van der Waals surface area contributed by atoms with E-state index in [0.29, 0.717) is 24.2 Å². The zero-order valence-electron chi connectivity index (χ0n) is 13.8. The van der Waals surface area contributed by atoms with Gasteiger partial charge < -0.3 is 27.0 Å². The van der Waals surface area contributed by atoms with Gasteiger partial charge in [0.2, 0.25) is 5.91 Å². The van der Waals surface area contributed by atoms with Gasteiger partial charge >= 0.3 is 0 Å². The Hall–Kier alpha value is -2.28. The van der Waals surface area contributed by atoms with Crippen LogP contribution in [0.15, 0.2) is 42.5 Å². The van der Waals surface area contributed by atoms with Gasteiger partial charge in [-0.05, 0) is 43.1 Å². The molecule has 2 aromatic rings. The van der Waals surface area contributed by atoms with Gasteiger partial charge in [0, 0.05) is 5.56 Å². The summed E-state index contributed by atoms with van der Waals surface area (Å²) in [5.74, 6) is -0.234. The Kier molecular flexibility index (Phi) is 8.21. The predicted octanol–water partition coefficient (Wildman–Crippen LogP) is 2.58. The fourth-order valence-corrected chi connectivity index (χ4v) is 2.38. The van der Waals surface area contributed by atoms with E-state index in [1.54, 1.807) is 30.3 Å². The van der Waals surface area contributed by atoms with Crippen molar-refractivity contribution >= 4 is 24.0 Å². The van der Waals surface area contributed by atoms with E-state index < -0.39 is 6.04 Å². The highest BCUT2D eigenvalue weighted by Gasteiger charge is 2.16. The monoisotopic (exact) mass is 365 g/mol. The number of anilines is 1. The van der Waals surface area contributed by atoms with E-state index in [0.717, 1.165) is 18.4 Å². The quantitative estimate of drug-likeness (QED) is 0.381. The molecule has 0 aliphatic heterocycles. The molecule has 25 heavy (non-hydrogen) atoms. The summed E-state index contributed by atoms with van der Waals surface area (Å²) in [4.78, 5) is 12.1. The molecule has 0 bridgehead atoms. The van der Waals surface area contributed by atoms with E-state index >= 15 is 0 Å². The highest BCUT2D eigenvalue weighted by atomic mass is 35.5. The number of phenolic OH excluding ortho intramolecular Hbond substituents is 2. The Balaban J connectivity index is 0.00000312. The minimum Gasteiger partial charge on any atom is -0.508 e. The third kappa shape index (κ3) is 5.63. The lowest BCUT2D eigenvalue weighted by Gasteiger charge is -2.14. The zero-order chi connectivity index (χ0) is 17.5. The molecule has 0 heterocycles. The molecular formula is C18H24ClN3O3. The first kappa shape index (κ1) is 20.8. The first-order chi connectivity index (χ1) is 11.5. The van der Waals surface area contributed by atoms with Crippen molar-refractivity contribution < 1.29 is 15.0 Å². The number of nitrogens with two attached hydrogens (primary N) is 2. The first-order valence-corrected chi connectivity index (χ1v) is 7.91. The summed E-state index contributed by atoms with van der Waals surface area (Å²) < 4.78 is 0. The van der Waals surface area contributed by atoms with Crippen molar-refractivity contribution in [3.8, 4) is 22.6 Å². The molecule has 136 valence electrons. The van der Waals surface area contributed by atoms with Crippen LogP contribution in [0, 0.1) is 0 Å². The summed E-state index contributed by atoms with van der Waals surface area (Å²) in [5.41, 5.74) is 12.9. The molecule has 1 atom stereocenters. The number of amides is 1. The van der Waals surface area contributed by atoms with Crippen LogP contribution in [0.25, 0.3) is 11.1 Å². The standard InChI is InChI=1S/C18H23N3O3.ClH/c19-11-2-1-5-15(20)18(24)21-16-6-3-4-14(17(16)23)12-7-9-13(22)10-8-12;/h3-4,6-10,15,22-23H,1-2,5,11,19-20H2,(H,21,24);1H/t15-;/m0./s1. The fourth-order valence-electron chi connectivity index (χ4n) is 2.38. The van der Waals surface area contributed by atoms with Gasteiger partial charge in [0.25, 0.3) is 0 Å². The molecule has 0 saturated carbocycles. The van der Waals surface area contributed by atoms with Gasteiger partial charge in [0.15, 0.2) is 0 Å². The van der Waals surface area contributed by atoms with E-state index in [1.165, 1.54) is 12.1 Å².